The number of sulfonamides is 1. The number of halogens is 1. The van der Waals surface area contributed by atoms with Crippen molar-refractivity contribution < 1.29 is 31.9 Å². The van der Waals surface area contributed by atoms with Gasteiger partial charge in [-0.15, -0.1) is 0 Å². The average molecular weight is 395 g/mol. The lowest BCUT2D eigenvalue weighted by atomic mass is 10.1. The molecule has 9 heteroatoms. The summed E-state index contributed by atoms with van der Waals surface area (Å²) in [4.78, 5) is 24.1. The lowest BCUT2D eigenvalue weighted by Crippen LogP contribution is -2.27. The van der Waals surface area contributed by atoms with Crippen molar-refractivity contribution >= 4 is 27.5 Å². The average Bonchev–Trinajstić information content (AvgIpc) is 2.59. The summed E-state index contributed by atoms with van der Waals surface area (Å²) in [7, 11) is -3.42. The van der Waals surface area contributed by atoms with Crippen molar-refractivity contribution in [2.45, 2.75) is 13.0 Å². The smallest absolute Gasteiger partial charge is 0.344 e. The van der Waals surface area contributed by atoms with Gasteiger partial charge in [0.15, 0.2) is 24.3 Å². The Kier molecular flexibility index (Phi) is 6.51. The number of ether oxygens (including phenoxy) is 2. The van der Waals surface area contributed by atoms with Gasteiger partial charge in [0.2, 0.25) is 15.8 Å². The summed E-state index contributed by atoms with van der Waals surface area (Å²) in [6.45, 7) is 0.849. The first-order chi connectivity index (χ1) is 12.7. The third-order valence-electron chi connectivity index (χ3n) is 3.33. The van der Waals surface area contributed by atoms with Crippen molar-refractivity contribution in [3.05, 3.63) is 59.9 Å². The number of ketones is 1. The van der Waals surface area contributed by atoms with E-state index in [9.17, 15) is 22.4 Å². The highest BCUT2D eigenvalue weighted by Gasteiger charge is 2.20. The van der Waals surface area contributed by atoms with Gasteiger partial charge in [-0.2, -0.15) is 0 Å². The van der Waals surface area contributed by atoms with Gasteiger partial charge in [0.1, 0.15) is 0 Å². The molecule has 0 aliphatic carbocycles. The molecule has 2 rings (SSSR count). The van der Waals surface area contributed by atoms with Crippen LogP contribution in [0.15, 0.2) is 48.5 Å². The highest BCUT2D eigenvalue weighted by Crippen LogP contribution is 2.16. The molecule has 2 aromatic carbocycles. The summed E-state index contributed by atoms with van der Waals surface area (Å²) in [5.74, 6) is -2.01. The Morgan fingerprint density at radius 3 is 2.33 bits per heavy atom. The fourth-order valence-corrected chi connectivity index (χ4v) is 2.70. The lowest BCUT2D eigenvalue weighted by Gasteiger charge is -2.13. The predicted molar refractivity (Wildman–Crippen MR) is 96.7 cm³/mol. The van der Waals surface area contributed by atoms with E-state index in [0.29, 0.717) is 5.69 Å². The number of carbonyl (C=O) groups is 2. The first kappa shape index (κ1) is 20.4. The maximum atomic E-state index is 13.4. The minimum atomic E-state index is -3.42. The van der Waals surface area contributed by atoms with Crippen LogP contribution in [0.5, 0.6) is 5.75 Å². The van der Waals surface area contributed by atoms with Gasteiger partial charge in [0.05, 0.1) is 6.26 Å². The van der Waals surface area contributed by atoms with Gasteiger partial charge in [-0.05, 0) is 43.3 Å². The molecular formula is C18H18FNO6S. The number of benzene rings is 2. The van der Waals surface area contributed by atoms with Gasteiger partial charge in [-0.1, -0.05) is 12.1 Å². The van der Waals surface area contributed by atoms with Crippen LogP contribution in [-0.4, -0.2) is 39.1 Å². The number of esters is 1. The number of anilines is 1. The van der Waals surface area contributed by atoms with Gasteiger partial charge >= 0.3 is 5.97 Å². The molecule has 0 bridgehead atoms. The second-order valence-electron chi connectivity index (χ2n) is 5.67. The first-order valence-corrected chi connectivity index (χ1v) is 9.74. The SMILES string of the molecule is C[C@H](OC(=O)COc1ccccc1F)C(=O)c1ccc(NS(C)(=O)=O)cc1. The fourth-order valence-electron chi connectivity index (χ4n) is 2.13. The largest absolute Gasteiger partial charge is 0.479 e. The minimum absolute atomic E-state index is 0.0950. The van der Waals surface area contributed by atoms with E-state index in [4.69, 9.17) is 9.47 Å². The Bertz CT molecular complexity index is 927. The molecule has 0 saturated heterocycles. The molecule has 0 aromatic heterocycles. The number of hydrogen-bond acceptors (Lipinski definition) is 6. The van der Waals surface area contributed by atoms with Crippen LogP contribution in [-0.2, 0) is 19.6 Å². The van der Waals surface area contributed by atoms with Gasteiger partial charge in [0.25, 0.3) is 0 Å². The molecule has 0 saturated carbocycles. The molecule has 0 spiro atoms. The monoisotopic (exact) mass is 395 g/mol. The third kappa shape index (κ3) is 6.37. The van der Waals surface area contributed by atoms with Crippen molar-refractivity contribution in [1.29, 1.82) is 0 Å². The zero-order valence-electron chi connectivity index (χ0n) is 14.6. The Labute approximate surface area is 156 Å². The Morgan fingerprint density at radius 2 is 1.74 bits per heavy atom. The second kappa shape index (κ2) is 8.63. The van der Waals surface area contributed by atoms with Crippen molar-refractivity contribution in [2.75, 3.05) is 17.6 Å². The molecule has 0 amide bonds. The maximum Gasteiger partial charge on any atom is 0.344 e. The van der Waals surface area contributed by atoms with Crippen molar-refractivity contribution in [2.24, 2.45) is 0 Å². The maximum absolute atomic E-state index is 13.4. The van der Waals surface area contributed by atoms with Crippen molar-refractivity contribution in [1.82, 2.24) is 0 Å². The number of Topliss-reactive ketones (excluding diaryl/α,β-unsaturated/α-hetero) is 1. The predicted octanol–water partition coefficient (Wildman–Crippen LogP) is 2.39. The van der Waals surface area contributed by atoms with Crippen molar-refractivity contribution in [3.8, 4) is 5.75 Å². The molecular weight excluding hydrogens is 377 g/mol. The van der Waals surface area contributed by atoms with E-state index in [-0.39, 0.29) is 11.3 Å². The molecule has 0 heterocycles. The van der Waals surface area contributed by atoms with E-state index in [1.54, 1.807) is 6.07 Å². The van der Waals surface area contributed by atoms with Gasteiger partial charge in [-0.3, -0.25) is 9.52 Å². The molecule has 27 heavy (non-hydrogen) atoms. The Balaban J connectivity index is 1.91. The van der Waals surface area contributed by atoms with E-state index in [1.165, 1.54) is 49.4 Å². The quantitative estimate of drug-likeness (QED) is 0.544. The van der Waals surface area contributed by atoms with Crippen LogP contribution >= 0.6 is 0 Å². The highest BCUT2D eigenvalue weighted by atomic mass is 32.2. The first-order valence-electron chi connectivity index (χ1n) is 7.84. The molecule has 0 aliphatic heterocycles. The summed E-state index contributed by atoms with van der Waals surface area (Å²) < 4.78 is 48.0. The van der Waals surface area contributed by atoms with Crippen LogP contribution in [0.3, 0.4) is 0 Å². The molecule has 2 aromatic rings. The standard InChI is InChI=1S/C18H18FNO6S/c1-12(26-17(21)11-25-16-6-4-3-5-15(16)19)18(22)13-7-9-14(10-8-13)20-27(2,23)24/h3-10,12,20H,11H2,1-2H3/t12-/m0/s1. The van der Waals surface area contributed by atoms with Gasteiger partial charge in [0, 0.05) is 11.3 Å². The molecule has 1 atom stereocenters. The number of nitrogens with one attached hydrogen (secondary N) is 1. The van der Waals surface area contributed by atoms with Crippen LogP contribution in [0, 0.1) is 5.82 Å². The van der Waals surface area contributed by atoms with Gasteiger partial charge < -0.3 is 9.47 Å². The zero-order chi connectivity index (χ0) is 20.0. The van der Waals surface area contributed by atoms with Crippen LogP contribution in [0.4, 0.5) is 10.1 Å². The van der Waals surface area contributed by atoms with Gasteiger partial charge in [-0.25, -0.2) is 17.6 Å². The topological polar surface area (TPSA) is 98.8 Å². The molecule has 0 radical (unpaired) electrons. The number of carbonyl (C=O) groups excluding carboxylic acids is 2. The van der Waals surface area contributed by atoms with E-state index in [2.05, 4.69) is 4.72 Å². The Hall–Kier alpha value is -2.94. The fraction of sp³-hybridized carbons (Fsp3) is 0.222. The number of para-hydroxylation sites is 1. The molecule has 0 fully saturated rings. The summed E-state index contributed by atoms with van der Waals surface area (Å²) in [6, 6.07) is 11.3. The van der Waals surface area contributed by atoms with E-state index < -0.39 is 40.3 Å². The zero-order valence-corrected chi connectivity index (χ0v) is 15.5. The van der Waals surface area contributed by atoms with E-state index >= 15 is 0 Å². The van der Waals surface area contributed by atoms with Crippen LogP contribution < -0.4 is 9.46 Å². The van der Waals surface area contributed by atoms with Crippen molar-refractivity contribution in [3.63, 3.8) is 0 Å². The van der Waals surface area contributed by atoms with Crippen LogP contribution in [0.1, 0.15) is 17.3 Å². The van der Waals surface area contributed by atoms with Crippen LogP contribution in [0.2, 0.25) is 0 Å². The molecule has 7 nitrogen and oxygen atoms in total. The molecule has 1 N–H and O–H groups in total. The number of rotatable bonds is 8. The highest BCUT2D eigenvalue weighted by molar-refractivity contribution is 7.92. The second-order valence-corrected chi connectivity index (χ2v) is 7.42. The summed E-state index contributed by atoms with van der Waals surface area (Å²) in [5.41, 5.74) is 0.543. The van der Waals surface area contributed by atoms with E-state index in [0.717, 1.165) is 6.26 Å². The summed E-state index contributed by atoms with van der Waals surface area (Å²) >= 11 is 0. The third-order valence-corrected chi connectivity index (χ3v) is 3.94. The normalized spacial score (nSPS) is 12.1. The molecule has 0 aliphatic rings. The van der Waals surface area contributed by atoms with Crippen LogP contribution in [0.25, 0.3) is 0 Å². The lowest BCUT2D eigenvalue weighted by molar-refractivity contribution is -0.148. The number of hydrogen-bond donors (Lipinski definition) is 1. The summed E-state index contributed by atoms with van der Waals surface area (Å²) in [6.07, 6.45) is -0.0767. The molecule has 0 unspecified atom stereocenters. The van der Waals surface area contributed by atoms with E-state index in [1.807, 2.05) is 0 Å². The molecule has 144 valence electrons. The Morgan fingerprint density at radius 1 is 1.11 bits per heavy atom. The minimum Gasteiger partial charge on any atom is -0.479 e. The summed E-state index contributed by atoms with van der Waals surface area (Å²) in [5, 5.41) is 0.